The first-order valence-corrected chi connectivity index (χ1v) is 8.04. The van der Waals surface area contributed by atoms with E-state index in [2.05, 4.69) is 4.74 Å². The Morgan fingerprint density at radius 2 is 1.65 bits per heavy atom. The number of benzene rings is 2. The molecule has 0 aliphatic carbocycles. The van der Waals surface area contributed by atoms with E-state index in [1.165, 1.54) is 0 Å². The highest BCUT2D eigenvalue weighted by Crippen LogP contribution is 2.22. The fourth-order valence-electron chi connectivity index (χ4n) is 2.40. The molecule has 134 valence electrons. The molecule has 26 heavy (non-hydrogen) atoms. The van der Waals surface area contributed by atoms with Gasteiger partial charge in [0.2, 0.25) is 0 Å². The minimum absolute atomic E-state index is 0.153. The molecule has 2 aromatic carbocycles. The summed E-state index contributed by atoms with van der Waals surface area (Å²) in [5, 5.41) is 0. The number of ether oxygens (including phenoxy) is 3. The molecule has 0 atom stereocenters. The van der Waals surface area contributed by atoms with Crippen molar-refractivity contribution in [2.24, 2.45) is 0 Å². The van der Waals surface area contributed by atoms with Crippen LogP contribution in [-0.2, 0) is 19.1 Å². The maximum absolute atomic E-state index is 11.7. The van der Waals surface area contributed by atoms with Crippen molar-refractivity contribution in [2.45, 2.75) is 0 Å². The SMILES string of the molecule is O=C(COc1ccc(-c2ccccc2)cc1)OCC(=O)N1CCOC1=O. The van der Waals surface area contributed by atoms with E-state index in [9.17, 15) is 14.4 Å². The van der Waals surface area contributed by atoms with E-state index in [4.69, 9.17) is 9.47 Å². The van der Waals surface area contributed by atoms with Crippen molar-refractivity contribution < 1.29 is 28.6 Å². The molecule has 1 aliphatic heterocycles. The Morgan fingerprint density at radius 3 is 2.31 bits per heavy atom. The van der Waals surface area contributed by atoms with E-state index in [1.807, 2.05) is 42.5 Å². The van der Waals surface area contributed by atoms with Gasteiger partial charge in [0.05, 0.1) is 6.54 Å². The van der Waals surface area contributed by atoms with Crippen LogP contribution in [0.25, 0.3) is 11.1 Å². The van der Waals surface area contributed by atoms with Crippen molar-refractivity contribution in [3.8, 4) is 16.9 Å². The van der Waals surface area contributed by atoms with E-state index in [0.717, 1.165) is 16.0 Å². The number of amides is 2. The molecule has 0 radical (unpaired) electrons. The average Bonchev–Trinajstić information content (AvgIpc) is 3.11. The second kappa shape index (κ2) is 8.15. The first-order chi connectivity index (χ1) is 12.6. The lowest BCUT2D eigenvalue weighted by Crippen LogP contribution is -2.35. The number of rotatable bonds is 6. The van der Waals surface area contributed by atoms with Gasteiger partial charge in [0.1, 0.15) is 12.4 Å². The second-order valence-corrected chi connectivity index (χ2v) is 5.50. The van der Waals surface area contributed by atoms with Crippen molar-refractivity contribution in [2.75, 3.05) is 26.4 Å². The zero-order valence-electron chi connectivity index (χ0n) is 13.9. The largest absolute Gasteiger partial charge is 0.482 e. The minimum Gasteiger partial charge on any atom is -0.482 e. The molecule has 0 bridgehead atoms. The van der Waals surface area contributed by atoms with Gasteiger partial charge in [0.25, 0.3) is 5.91 Å². The van der Waals surface area contributed by atoms with Gasteiger partial charge in [0.15, 0.2) is 13.2 Å². The van der Waals surface area contributed by atoms with Crippen LogP contribution in [0.2, 0.25) is 0 Å². The smallest absolute Gasteiger partial charge is 0.416 e. The van der Waals surface area contributed by atoms with Crippen LogP contribution in [0.1, 0.15) is 0 Å². The summed E-state index contributed by atoms with van der Waals surface area (Å²) in [5.41, 5.74) is 2.11. The molecule has 1 heterocycles. The normalized spacial score (nSPS) is 13.2. The van der Waals surface area contributed by atoms with Gasteiger partial charge in [-0.05, 0) is 23.3 Å². The highest BCUT2D eigenvalue weighted by Gasteiger charge is 2.28. The van der Waals surface area contributed by atoms with E-state index in [-0.39, 0.29) is 19.8 Å². The van der Waals surface area contributed by atoms with E-state index in [1.54, 1.807) is 12.1 Å². The highest BCUT2D eigenvalue weighted by atomic mass is 16.6. The van der Waals surface area contributed by atoms with Crippen molar-refractivity contribution in [1.29, 1.82) is 0 Å². The molecule has 0 unspecified atom stereocenters. The maximum Gasteiger partial charge on any atom is 0.416 e. The van der Waals surface area contributed by atoms with E-state index < -0.39 is 24.6 Å². The van der Waals surface area contributed by atoms with Crippen molar-refractivity contribution in [3.63, 3.8) is 0 Å². The summed E-state index contributed by atoms with van der Waals surface area (Å²) in [7, 11) is 0. The standard InChI is InChI=1S/C19H17NO6/c21-17(20-10-11-24-19(20)23)12-26-18(22)13-25-16-8-6-15(7-9-16)14-4-2-1-3-5-14/h1-9H,10-13H2. The van der Waals surface area contributed by atoms with Gasteiger partial charge in [-0.15, -0.1) is 0 Å². The molecule has 1 fully saturated rings. The summed E-state index contributed by atoms with van der Waals surface area (Å²) in [6.45, 7) is -0.535. The van der Waals surface area contributed by atoms with Crippen molar-refractivity contribution in [1.82, 2.24) is 4.90 Å². The number of hydrogen-bond acceptors (Lipinski definition) is 6. The molecule has 0 spiro atoms. The van der Waals surface area contributed by atoms with Crippen LogP contribution >= 0.6 is 0 Å². The molecule has 0 saturated carbocycles. The van der Waals surface area contributed by atoms with Gasteiger partial charge in [-0.3, -0.25) is 4.79 Å². The zero-order valence-corrected chi connectivity index (χ0v) is 13.9. The molecular weight excluding hydrogens is 338 g/mol. The van der Waals surface area contributed by atoms with Crippen LogP contribution in [0.5, 0.6) is 5.75 Å². The summed E-state index contributed by atoms with van der Waals surface area (Å²) in [5.74, 6) is -0.804. The Kier molecular flexibility index (Phi) is 5.48. The number of esters is 1. The Morgan fingerprint density at radius 1 is 0.962 bits per heavy atom. The Balaban J connectivity index is 1.44. The monoisotopic (exact) mass is 355 g/mol. The molecule has 2 amide bonds. The zero-order chi connectivity index (χ0) is 18.4. The third-order valence-electron chi connectivity index (χ3n) is 3.74. The maximum atomic E-state index is 11.7. The predicted octanol–water partition coefficient (Wildman–Crippen LogP) is 2.25. The quantitative estimate of drug-likeness (QED) is 0.739. The molecule has 0 aromatic heterocycles. The summed E-state index contributed by atoms with van der Waals surface area (Å²) >= 11 is 0. The van der Waals surface area contributed by atoms with Gasteiger partial charge in [-0.2, -0.15) is 0 Å². The van der Waals surface area contributed by atoms with E-state index in [0.29, 0.717) is 5.75 Å². The lowest BCUT2D eigenvalue weighted by molar-refractivity contribution is -0.152. The van der Waals surface area contributed by atoms with Crippen molar-refractivity contribution in [3.05, 3.63) is 54.6 Å². The molecule has 3 rings (SSSR count). The Hall–Kier alpha value is -3.35. The summed E-state index contributed by atoms with van der Waals surface area (Å²) in [6, 6.07) is 17.1. The van der Waals surface area contributed by atoms with Gasteiger partial charge >= 0.3 is 12.1 Å². The first kappa shape index (κ1) is 17.5. The lowest BCUT2D eigenvalue weighted by Gasteiger charge is -2.11. The van der Waals surface area contributed by atoms with Crippen LogP contribution in [0.3, 0.4) is 0 Å². The molecule has 1 saturated heterocycles. The first-order valence-electron chi connectivity index (χ1n) is 8.04. The number of carbonyl (C=O) groups excluding carboxylic acids is 3. The number of carbonyl (C=O) groups is 3. The molecule has 2 aromatic rings. The number of imide groups is 1. The molecule has 1 aliphatic rings. The summed E-state index contributed by atoms with van der Waals surface area (Å²) < 4.78 is 14.8. The van der Waals surface area contributed by atoms with Gasteiger partial charge in [0, 0.05) is 0 Å². The highest BCUT2D eigenvalue weighted by molar-refractivity contribution is 5.94. The summed E-state index contributed by atoms with van der Waals surface area (Å²) in [4.78, 5) is 35.5. The minimum atomic E-state index is -0.721. The third-order valence-corrected chi connectivity index (χ3v) is 3.74. The predicted molar refractivity (Wildman–Crippen MR) is 91.4 cm³/mol. The molecular formula is C19H17NO6. The van der Waals surface area contributed by atoms with Gasteiger partial charge in [-0.25, -0.2) is 14.5 Å². The van der Waals surface area contributed by atoms with E-state index >= 15 is 0 Å². The summed E-state index contributed by atoms with van der Waals surface area (Å²) in [6.07, 6.45) is -0.721. The number of hydrogen-bond donors (Lipinski definition) is 0. The van der Waals surface area contributed by atoms with Crippen LogP contribution in [-0.4, -0.2) is 49.2 Å². The van der Waals surface area contributed by atoms with Gasteiger partial charge < -0.3 is 14.2 Å². The molecule has 7 nitrogen and oxygen atoms in total. The Bertz CT molecular complexity index is 787. The second-order valence-electron chi connectivity index (χ2n) is 5.50. The fraction of sp³-hybridized carbons (Fsp3) is 0.211. The third kappa shape index (κ3) is 4.38. The number of nitrogens with zero attached hydrogens (tertiary/aromatic N) is 1. The topological polar surface area (TPSA) is 82.1 Å². The lowest BCUT2D eigenvalue weighted by atomic mass is 10.1. The van der Waals surface area contributed by atoms with Crippen LogP contribution in [0.15, 0.2) is 54.6 Å². The molecule has 0 N–H and O–H groups in total. The van der Waals surface area contributed by atoms with Crippen LogP contribution in [0.4, 0.5) is 4.79 Å². The molecule has 7 heteroatoms. The van der Waals surface area contributed by atoms with Crippen molar-refractivity contribution >= 4 is 18.0 Å². The van der Waals surface area contributed by atoms with Gasteiger partial charge in [-0.1, -0.05) is 42.5 Å². The van der Waals surface area contributed by atoms with Crippen LogP contribution in [0, 0.1) is 0 Å². The Labute approximate surface area is 150 Å². The van der Waals surface area contributed by atoms with Crippen LogP contribution < -0.4 is 4.74 Å². The average molecular weight is 355 g/mol. The number of cyclic esters (lactones) is 1. The fourth-order valence-corrected chi connectivity index (χ4v) is 2.40.